The van der Waals surface area contributed by atoms with E-state index in [2.05, 4.69) is 25.5 Å². The number of rotatable bonds is 8. The Morgan fingerprint density at radius 1 is 1.19 bits per heavy atom. The monoisotopic (exact) mass is 435 g/mol. The van der Waals surface area contributed by atoms with E-state index in [1.807, 2.05) is 43.3 Å². The predicted molar refractivity (Wildman–Crippen MR) is 120 cm³/mol. The molecule has 2 aromatic heterocycles. The van der Waals surface area contributed by atoms with Crippen molar-refractivity contribution in [1.29, 1.82) is 0 Å². The summed E-state index contributed by atoms with van der Waals surface area (Å²) < 4.78 is 5.78. The van der Waals surface area contributed by atoms with Gasteiger partial charge in [-0.2, -0.15) is 5.10 Å². The average Bonchev–Trinajstić information content (AvgIpc) is 3.29. The van der Waals surface area contributed by atoms with Crippen molar-refractivity contribution in [3.8, 4) is 5.75 Å². The van der Waals surface area contributed by atoms with Gasteiger partial charge in [0.2, 0.25) is 0 Å². The lowest BCUT2D eigenvalue weighted by Gasteiger charge is -2.09. The Hall–Kier alpha value is -3.59. The minimum Gasteiger partial charge on any atom is -0.493 e. The summed E-state index contributed by atoms with van der Waals surface area (Å²) in [5.74, 6) is 1.04. The van der Waals surface area contributed by atoms with Gasteiger partial charge >= 0.3 is 0 Å². The number of carbonyl (C=O) groups is 1. The van der Waals surface area contributed by atoms with Crippen LogP contribution in [-0.4, -0.2) is 38.4 Å². The fraction of sp³-hybridized carbons (Fsp3) is 0.182. The number of hydrogen-bond acceptors (Lipinski definition) is 6. The van der Waals surface area contributed by atoms with Crippen molar-refractivity contribution < 1.29 is 9.53 Å². The van der Waals surface area contributed by atoms with Crippen LogP contribution in [0.2, 0.25) is 0 Å². The molecule has 2 heterocycles. The number of aromatic amines is 2. The second kappa shape index (κ2) is 9.48. The summed E-state index contributed by atoms with van der Waals surface area (Å²) in [5, 5.41) is 11.0. The molecule has 0 atom stereocenters. The SMILES string of the molecule is Cc1ccc2nc(C(=O)NCc3cccc(OCCSc4cc[nH]n4)c3)[nH]c(=O)c2c1. The van der Waals surface area contributed by atoms with Crippen LogP contribution in [0.4, 0.5) is 0 Å². The van der Waals surface area contributed by atoms with Crippen molar-refractivity contribution in [1.82, 2.24) is 25.5 Å². The number of nitrogens with zero attached hydrogens (tertiary/aromatic N) is 2. The number of hydrogen-bond donors (Lipinski definition) is 3. The minimum absolute atomic E-state index is 0.0100. The number of aryl methyl sites for hydroxylation is 1. The largest absolute Gasteiger partial charge is 0.493 e. The Kier molecular flexibility index (Phi) is 6.32. The molecule has 158 valence electrons. The summed E-state index contributed by atoms with van der Waals surface area (Å²) >= 11 is 1.60. The van der Waals surface area contributed by atoms with Crippen molar-refractivity contribution >= 4 is 28.6 Å². The molecular weight excluding hydrogens is 414 g/mol. The van der Waals surface area contributed by atoms with Gasteiger partial charge < -0.3 is 15.0 Å². The zero-order chi connectivity index (χ0) is 21.6. The minimum atomic E-state index is -0.443. The van der Waals surface area contributed by atoms with Crippen LogP contribution in [0.5, 0.6) is 5.75 Å². The van der Waals surface area contributed by atoms with Crippen molar-refractivity contribution in [2.45, 2.75) is 18.5 Å². The van der Waals surface area contributed by atoms with Gasteiger partial charge in [0.1, 0.15) is 10.8 Å². The highest BCUT2D eigenvalue weighted by molar-refractivity contribution is 7.99. The second-order valence-electron chi connectivity index (χ2n) is 6.87. The first-order valence-corrected chi connectivity index (χ1v) is 10.7. The van der Waals surface area contributed by atoms with Crippen LogP contribution < -0.4 is 15.6 Å². The Morgan fingerprint density at radius 2 is 2.10 bits per heavy atom. The smallest absolute Gasteiger partial charge is 0.287 e. The molecule has 9 heteroatoms. The van der Waals surface area contributed by atoms with Gasteiger partial charge in [0, 0.05) is 18.5 Å². The molecule has 4 rings (SSSR count). The zero-order valence-electron chi connectivity index (χ0n) is 16.8. The summed E-state index contributed by atoms with van der Waals surface area (Å²) in [5.41, 5.74) is 1.99. The number of fused-ring (bicyclic) bond motifs is 1. The maximum Gasteiger partial charge on any atom is 0.287 e. The molecule has 0 aliphatic rings. The number of H-pyrrole nitrogens is 2. The van der Waals surface area contributed by atoms with Crippen LogP contribution in [0.25, 0.3) is 10.9 Å². The third-order valence-electron chi connectivity index (χ3n) is 4.50. The van der Waals surface area contributed by atoms with Crippen molar-refractivity contribution in [3.63, 3.8) is 0 Å². The van der Waals surface area contributed by atoms with Gasteiger partial charge in [-0.25, -0.2) is 4.98 Å². The number of nitrogens with one attached hydrogen (secondary N) is 3. The summed E-state index contributed by atoms with van der Waals surface area (Å²) in [4.78, 5) is 31.6. The van der Waals surface area contributed by atoms with E-state index in [9.17, 15) is 9.59 Å². The molecule has 0 spiro atoms. The van der Waals surface area contributed by atoms with Gasteiger partial charge in [0.15, 0.2) is 5.82 Å². The lowest BCUT2D eigenvalue weighted by atomic mass is 10.2. The Balaban J connectivity index is 1.34. The Morgan fingerprint density at radius 3 is 2.94 bits per heavy atom. The molecule has 0 aliphatic heterocycles. The first-order valence-electron chi connectivity index (χ1n) is 9.72. The van der Waals surface area contributed by atoms with Gasteiger partial charge in [0.25, 0.3) is 11.5 Å². The van der Waals surface area contributed by atoms with Crippen LogP contribution in [0.1, 0.15) is 21.7 Å². The second-order valence-corrected chi connectivity index (χ2v) is 7.99. The molecular formula is C22H21N5O3S. The summed E-state index contributed by atoms with van der Waals surface area (Å²) in [7, 11) is 0. The molecule has 31 heavy (non-hydrogen) atoms. The van der Waals surface area contributed by atoms with E-state index in [0.29, 0.717) is 17.5 Å². The molecule has 0 fully saturated rings. The summed E-state index contributed by atoms with van der Waals surface area (Å²) in [6, 6.07) is 14.8. The van der Waals surface area contributed by atoms with E-state index in [4.69, 9.17) is 4.74 Å². The number of thioether (sulfide) groups is 1. The number of ether oxygens (including phenoxy) is 1. The highest BCUT2D eigenvalue weighted by Crippen LogP contribution is 2.16. The highest BCUT2D eigenvalue weighted by atomic mass is 32.2. The molecule has 0 bridgehead atoms. The van der Waals surface area contributed by atoms with Crippen LogP contribution >= 0.6 is 11.8 Å². The summed E-state index contributed by atoms with van der Waals surface area (Å²) in [6.07, 6.45) is 1.78. The normalized spacial score (nSPS) is 10.9. The van der Waals surface area contributed by atoms with Crippen LogP contribution in [0.3, 0.4) is 0 Å². The lowest BCUT2D eigenvalue weighted by molar-refractivity contribution is 0.0940. The maximum atomic E-state index is 12.5. The van der Waals surface area contributed by atoms with Crippen LogP contribution in [-0.2, 0) is 6.54 Å². The maximum absolute atomic E-state index is 12.5. The molecule has 0 aliphatic carbocycles. The van der Waals surface area contributed by atoms with Crippen molar-refractivity contribution in [3.05, 3.63) is 82.0 Å². The molecule has 1 amide bonds. The quantitative estimate of drug-likeness (QED) is 0.290. The van der Waals surface area contributed by atoms with E-state index in [-0.39, 0.29) is 17.9 Å². The van der Waals surface area contributed by atoms with Gasteiger partial charge in [-0.1, -0.05) is 23.8 Å². The Bertz CT molecular complexity index is 1250. The highest BCUT2D eigenvalue weighted by Gasteiger charge is 2.11. The molecule has 3 N–H and O–H groups in total. The molecule has 2 aromatic carbocycles. The van der Waals surface area contributed by atoms with Gasteiger partial charge in [-0.05, 0) is 42.8 Å². The van der Waals surface area contributed by atoms with Crippen molar-refractivity contribution in [2.75, 3.05) is 12.4 Å². The van der Waals surface area contributed by atoms with Gasteiger partial charge in [0.05, 0.1) is 17.5 Å². The number of amides is 1. The number of benzene rings is 2. The van der Waals surface area contributed by atoms with Crippen LogP contribution in [0, 0.1) is 6.92 Å². The van der Waals surface area contributed by atoms with E-state index in [0.717, 1.165) is 27.7 Å². The van der Waals surface area contributed by atoms with Crippen LogP contribution in [0.15, 0.2) is 64.5 Å². The Labute approximate surface area is 182 Å². The number of carbonyl (C=O) groups excluding carboxylic acids is 1. The topological polar surface area (TPSA) is 113 Å². The fourth-order valence-electron chi connectivity index (χ4n) is 3.00. The molecule has 0 radical (unpaired) electrons. The first kappa shape index (κ1) is 20.7. The molecule has 0 unspecified atom stereocenters. The van der Waals surface area contributed by atoms with E-state index in [1.54, 1.807) is 30.1 Å². The summed E-state index contributed by atoms with van der Waals surface area (Å²) in [6.45, 7) is 2.72. The number of aromatic nitrogens is 4. The standard InChI is InChI=1S/C22H21N5O3S/c1-14-5-6-18-17(11-14)21(28)26-20(25-18)22(29)23-13-15-3-2-4-16(12-15)30-9-10-31-19-7-8-24-27-19/h2-8,11-12H,9-10,13H2,1H3,(H,23,29)(H,24,27)(H,25,26,28). The molecule has 8 nitrogen and oxygen atoms in total. The fourth-order valence-corrected chi connectivity index (χ4v) is 3.66. The lowest BCUT2D eigenvalue weighted by Crippen LogP contribution is -2.27. The zero-order valence-corrected chi connectivity index (χ0v) is 17.7. The molecule has 0 saturated carbocycles. The molecule has 0 saturated heterocycles. The van der Waals surface area contributed by atoms with Gasteiger partial charge in [-0.3, -0.25) is 14.7 Å². The molecule has 4 aromatic rings. The average molecular weight is 436 g/mol. The van der Waals surface area contributed by atoms with E-state index < -0.39 is 5.91 Å². The van der Waals surface area contributed by atoms with E-state index >= 15 is 0 Å². The predicted octanol–water partition coefficient (Wildman–Crippen LogP) is 3.06. The third-order valence-corrected chi connectivity index (χ3v) is 5.40. The third kappa shape index (κ3) is 5.32. The first-order chi connectivity index (χ1) is 15.1. The van der Waals surface area contributed by atoms with Gasteiger partial charge in [-0.15, -0.1) is 11.8 Å². The van der Waals surface area contributed by atoms with Crippen molar-refractivity contribution in [2.24, 2.45) is 0 Å². The van der Waals surface area contributed by atoms with E-state index in [1.165, 1.54) is 0 Å².